The average Bonchev–Trinajstić information content (AvgIpc) is 2.23. The summed E-state index contributed by atoms with van der Waals surface area (Å²) in [4.78, 5) is 10.5. The van der Waals surface area contributed by atoms with E-state index in [1.165, 1.54) is 6.92 Å². The first-order valence-corrected chi connectivity index (χ1v) is 5.03. The third-order valence-electron chi connectivity index (χ3n) is 2.27. The zero-order valence-corrected chi connectivity index (χ0v) is 9.38. The van der Waals surface area contributed by atoms with E-state index in [4.69, 9.17) is 5.11 Å². The predicted octanol–water partition coefficient (Wildman–Crippen LogP) is 2.41. The van der Waals surface area contributed by atoms with Gasteiger partial charge in [0.15, 0.2) is 0 Å². The summed E-state index contributed by atoms with van der Waals surface area (Å²) in [5.41, 5.74) is -1.06. The van der Waals surface area contributed by atoms with Crippen molar-refractivity contribution in [3.05, 3.63) is 35.1 Å². The van der Waals surface area contributed by atoms with Gasteiger partial charge in [0.25, 0.3) is 0 Å². The molecule has 0 heterocycles. The number of halogens is 4. The molecule has 7 heteroatoms. The third kappa shape index (κ3) is 3.99. The molecule has 1 unspecified atom stereocenters. The second-order valence-electron chi connectivity index (χ2n) is 3.79. The van der Waals surface area contributed by atoms with E-state index in [0.717, 1.165) is 12.1 Å². The maximum Gasteiger partial charge on any atom is 0.416 e. The molecule has 1 atom stereocenters. The van der Waals surface area contributed by atoms with Crippen molar-refractivity contribution in [2.75, 3.05) is 0 Å². The van der Waals surface area contributed by atoms with E-state index in [0.29, 0.717) is 6.07 Å². The van der Waals surface area contributed by atoms with Crippen LogP contribution in [-0.2, 0) is 17.5 Å². The Kier molecular flexibility index (Phi) is 4.28. The largest absolute Gasteiger partial charge is 0.480 e. The van der Waals surface area contributed by atoms with Crippen LogP contribution in [0.1, 0.15) is 18.1 Å². The summed E-state index contributed by atoms with van der Waals surface area (Å²) in [6.45, 7) is 1.18. The van der Waals surface area contributed by atoms with Crippen molar-refractivity contribution in [3.8, 4) is 0 Å². The van der Waals surface area contributed by atoms with E-state index in [2.05, 4.69) is 5.32 Å². The Balaban J connectivity index is 2.84. The number of carboxylic acids is 1. The highest BCUT2D eigenvalue weighted by atomic mass is 19.4. The third-order valence-corrected chi connectivity index (χ3v) is 2.27. The molecule has 100 valence electrons. The molecule has 0 bridgehead atoms. The summed E-state index contributed by atoms with van der Waals surface area (Å²) in [6.07, 6.45) is -4.63. The Morgan fingerprint density at radius 1 is 1.39 bits per heavy atom. The first-order valence-electron chi connectivity index (χ1n) is 5.03. The van der Waals surface area contributed by atoms with Crippen molar-refractivity contribution in [3.63, 3.8) is 0 Å². The first-order chi connectivity index (χ1) is 8.20. The van der Waals surface area contributed by atoms with Gasteiger partial charge in [0.2, 0.25) is 0 Å². The Labute approximate surface area is 100 Å². The van der Waals surface area contributed by atoms with Crippen LogP contribution in [0.3, 0.4) is 0 Å². The fourth-order valence-corrected chi connectivity index (χ4v) is 1.27. The lowest BCUT2D eigenvalue weighted by Gasteiger charge is -2.12. The van der Waals surface area contributed by atoms with Gasteiger partial charge >= 0.3 is 12.1 Å². The van der Waals surface area contributed by atoms with Gasteiger partial charge in [0, 0.05) is 6.54 Å². The van der Waals surface area contributed by atoms with Crippen LogP contribution in [0.25, 0.3) is 0 Å². The number of aliphatic carboxylic acids is 1. The van der Waals surface area contributed by atoms with E-state index >= 15 is 0 Å². The highest BCUT2D eigenvalue weighted by Crippen LogP contribution is 2.30. The van der Waals surface area contributed by atoms with Crippen molar-refractivity contribution in [2.24, 2.45) is 0 Å². The molecule has 0 saturated carbocycles. The number of carboxylic acid groups (broad SMARTS) is 1. The topological polar surface area (TPSA) is 49.3 Å². The van der Waals surface area contributed by atoms with Crippen molar-refractivity contribution < 1.29 is 27.5 Å². The smallest absolute Gasteiger partial charge is 0.416 e. The fraction of sp³-hybridized carbons (Fsp3) is 0.364. The maximum atomic E-state index is 13.0. The average molecular weight is 265 g/mol. The van der Waals surface area contributed by atoms with Gasteiger partial charge in [-0.3, -0.25) is 4.79 Å². The number of carbonyl (C=O) groups is 1. The van der Waals surface area contributed by atoms with Gasteiger partial charge in [-0.15, -0.1) is 0 Å². The summed E-state index contributed by atoms with van der Waals surface area (Å²) in [5, 5.41) is 11.1. The molecule has 18 heavy (non-hydrogen) atoms. The van der Waals surface area contributed by atoms with E-state index in [9.17, 15) is 22.4 Å². The summed E-state index contributed by atoms with van der Waals surface area (Å²) < 4.78 is 50.2. The SMILES string of the molecule is CC(NCc1cc(F)cc(C(F)(F)F)c1)C(=O)O. The molecule has 0 aliphatic heterocycles. The van der Waals surface area contributed by atoms with Gasteiger partial charge in [-0.25, -0.2) is 4.39 Å². The van der Waals surface area contributed by atoms with Crippen molar-refractivity contribution >= 4 is 5.97 Å². The normalized spacial score (nSPS) is 13.4. The van der Waals surface area contributed by atoms with E-state index in [1.54, 1.807) is 0 Å². The van der Waals surface area contributed by atoms with Crippen molar-refractivity contribution in [1.82, 2.24) is 5.32 Å². The number of benzene rings is 1. The number of hydrogen-bond acceptors (Lipinski definition) is 2. The Bertz CT molecular complexity index is 445. The molecular weight excluding hydrogens is 254 g/mol. The number of alkyl halides is 3. The molecule has 1 aromatic rings. The Morgan fingerprint density at radius 2 is 2.00 bits per heavy atom. The standard InChI is InChI=1S/C11H11F4NO2/c1-6(10(17)18)16-5-7-2-8(11(13,14)15)4-9(12)3-7/h2-4,6,16H,5H2,1H3,(H,17,18). The van der Waals surface area contributed by atoms with Gasteiger partial charge in [0.05, 0.1) is 5.56 Å². The minimum absolute atomic E-state index is 0.0374. The lowest BCUT2D eigenvalue weighted by molar-refractivity contribution is -0.139. The van der Waals surface area contributed by atoms with Gasteiger partial charge < -0.3 is 10.4 Å². The van der Waals surface area contributed by atoms with Crippen LogP contribution in [-0.4, -0.2) is 17.1 Å². The molecule has 0 aliphatic carbocycles. The van der Waals surface area contributed by atoms with Crippen LogP contribution in [0.5, 0.6) is 0 Å². The van der Waals surface area contributed by atoms with Crippen LogP contribution >= 0.6 is 0 Å². The second-order valence-corrected chi connectivity index (χ2v) is 3.79. The quantitative estimate of drug-likeness (QED) is 0.822. The van der Waals surface area contributed by atoms with Crippen LogP contribution < -0.4 is 5.32 Å². The summed E-state index contributed by atoms with van der Waals surface area (Å²) in [6, 6.07) is 1.17. The van der Waals surface area contributed by atoms with Gasteiger partial charge in [-0.1, -0.05) is 0 Å². The molecule has 0 radical (unpaired) electrons. The molecule has 0 amide bonds. The Hall–Kier alpha value is -1.63. The molecule has 2 N–H and O–H groups in total. The van der Waals surface area contributed by atoms with E-state index in [1.807, 2.05) is 0 Å². The summed E-state index contributed by atoms with van der Waals surface area (Å²) in [7, 11) is 0. The molecule has 0 spiro atoms. The molecule has 0 fully saturated rings. The highest BCUT2D eigenvalue weighted by molar-refractivity contribution is 5.72. The molecule has 0 saturated heterocycles. The molecular formula is C11H11F4NO2. The number of nitrogens with one attached hydrogen (secondary N) is 1. The summed E-state index contributed by atoms with van der Waals surface area (Å²) in [5.74, 6) is -2.15. The van der Waals surface area contributed by atoms with Crippen molar-refractivity contribution in [1.29, 1.82) is 0 Å². The fourth-order valence-electron chi connectivity index (χ4n) is 1.27. The van der Waals surface area contributed by atoms with Crippen LogP contribution in [0.4, 0.5) is 17.6 Å². The zero-order chi connectivity index (χ0) is 13.9. The maximum absolute atomic E-state index is 13.0. The first kappa shape index (κ1) is 14.4. The monoisotopic (exact) mass is 265 g/mol. The molecule has 0 aromatic heterocycles. The van der Waals surface area contributed by atoms with Gasteiger partial charge in [-0.2, -0.15) is 13.2 Å². The van der Waals surface area contributed by atoms with Crippen molar-refractivity contribution in [2.45, 2.75) is 25.7 Å². The van der Waals surface area contributed by atoms with E-state index in [-0.39, 0.29) is 12.1 Å². The predicted molar refractivity (Wildman–Crippen MR) is 55.3 cm³/mol. The van der Waals surface area contributed by atoms with Crippen LogP contribution in [0, 0.1) is 5.82 Å². The molecule has 1 rings (SSSR count). The highest BCUT2D eigenvalue weighted by Gasteiger charge is 2.31. The number of hydrogen-bond donors (Lipinski definition) is 2. The lowest BCUT2D eigenvalue weighted by atomic mass is 10.1. The van der Waals surface area contributed by atoms with Gasteiger partial charge in [-0.05, 0) is 30.7 Å². The van der Waals surface area contributed by atoms with Crippen LogP contribution in [0.2, 0.25) is 0 Å². The van der Waals surface area contributed by atoms with Gasteiger partial charge in [0.1, 0.15) is 11.9 Å². The number of rotatable bonds is 4. The minimum atomic E-state index is -4.63. The van der Waals surface area contributed by atoms with E-state index < -0.39 is 29.6 Å². The van der Waals surface area contributed by atoms with Crippen LogP contribution in [0.15, 0.2) is 18.2 Å². The minimum Gasteiger partial charge on any atom is -0.480 e. The molecule has 3 nitrogen and oxygen atoms in total. The zero-order valence-electron chi connectivity index (χ0n) is 9.38. The Morgan fingerprint density at radius 3 is 2.50 bits per heavy atom. The second kappa shape index (κ2) is 5.34. The summed E-state index contributed by atoms with van der Waals surface area (Å²) >= 11 is 0. The molecule has 1 aromatic carbocycles. The lowest BCUT2D eigenvalue weighted by Crippen LogP contribution is -2.33. The molecule has 0 aliphatic rings.